The van der Waals surface area contributed by atoms with Gasteiger partial charge in [0.05, 0.1) is 16.7 Å². The molecule has 0 atom stereocenters. The molecule has 3 heteroatoms. The number of nitrogens with zero attached hydrogens (tertiary/aromatic N) is 3. The van der Waals surface area contributed by atoms with Crippen LogP contribution in [0.5, 0.6) is 0 Å². The predicted octanol–water partition coefficient (Wildman–Crippen LogP) is 12.1. The zero-order valence-corrected chi connectivity index (χ0v) is 29.3. The molecule has 0 amide bonds. The lowest BCUT2D eigenvalue weighted by Gasteiger charge is -2.16. The van der Waals surface area contributed by atoms with Crippen LogP contribution in [-0.2, 0) is 12.8 Å². The van der Waals surface area contributed by atoms with E-state index >= 15 is 0 Å². The summed E-state index contributed by atoms with van der Waals surface area (Å²) in [5.74, 6) is 0.634. The smallest absolute Gasteiger partial charge is 0.159 e. The zero-order valence-electron chi connectivity index (χ0n) is 29.3. The molecular weight excluding hydrogens is 631 g/mol. The number of fused-ring (bicyclic) bond motifs is 4. The van der Waals surface area contributed by atoms with Crippen molar-refractivity contribution in [3.8, 4) is 16.8 Å². The minimum atomic E-state index is 0.634. The monoisotopic (exact) mass is 669 g/mol. The third kappa shape index (κ3) is 6.65. The SMILES string of the molecule is C=C1/C=C\C=C(\C(=C)/N=C(\N=C(/C)c2ccccc2)c2ccccc2)Cc2cc(-n3c4ccccc4c4cc(-c5ccccc5)ccc43)ccc2C1. The Morgan fingerprint density at radius 2 is 1.27 bits per heavy atom. The normalized spacial score (nSPS) is 15.3. The number of hydrogen-bond acceptors (Lipinski definition) is 1. The highest BCUT2D eigenvalue weighted by Gasteiger charge is 2.17. The molecule has 1 heterocycles. The van der Waals surface area contributed by atoms with E-state index in [1.807, 2.05) is 55.5 Å². The Balaban J connectivity index is 1.21. The van der Waals surface area contributed by atoms with Gasteiger partial charge in [-0.25, -0.2) is 9.98 Å². The summed E-state index contributed by atoms with van der Waals surface area (Å²) in [4.78, 5) is 10.2. The highest BCUT2D eigenvalue weighted by molar-refractivity contribution is 6.12. The van der Waals surface area contributed by atoms with Crippen molar-refractivity contribution in [1.29, 1.82) is 0 Å². The van der Waals surface area contributed by atoms with E-state index in [1.165, 1.54) is 44.1 Å². The van der Waals surface area contributed by atoms with Crippen molar-refractivity contribution in [3.05, 3.63) is 222 Å². The van der Waals surface area contributed by atoms with Gasteiger partial charge in [0.25, 0.3) is 0 Å². The molecule has 0 spiro atoms. The third-order valence-corrected chi connectivity index (χ3v) is 9.76. The van der Waals surface area contributed by atoms with Gasteiger partial charge < -0.3 is 4.57 Å². The second kappa shape index (κ2) is 14.3. The Morgan fingerprint density at radius 3 is 2.04 bits per heavy atom. The molecule has 0 saturated heterocycles. The summed E-state index contributed by atoms with van der Waals surface area (Å²) in [5.41, 5.74) is 14.0. The van der Waals surface area contributed by atoms with E-state index in [4.69, 9.17) is 9.98 Å². The van der Waals surface area contributed by atoms with Crippen LogP contribution < -0.4 is 0 Å². The van der Waals surface area contributed by atoms with E-state index in [1.54, 1.807) is 0 Å². The summed E-state index contributed by atoms with van der Waals surface area (Å²) in [5, 5.41) is 2.47. The first-order chi connectivity index (χ1) is 25.5. The van der Waals surface area contributed by atoms with Crippen molar-refractivity contribution in [3.63, 3.8) is 0 Å². The highest BCUT2D eigenvalue weighted by atomic mass is 15.0. The predicted molar refractivity (Wildman–Crippen MR) is 221 cm³/mol. The van der Waals surface area contributed by atoms with E-state index < -0.39 is 0 Å². The van der Waals surface area contributed by atoms with Gasteiger partial charge in [0.15, 0.2) is 5.84 Å². The van der Waals surface area contributed by atoms with Gasteiger partial charge in [-0.05, 0) is 83.5 Å². The Bertz CT molecular complexity index is 2580. The minimum absolute atomic E-state index is 0.634. The molecular formula is C49H39N3. The van der Waals surface area contributed by atoms with E-state index in [0.717, 1.165) is 40.1 Å². The van der Waals surface area contributed by atoms with Crippen LogP contribution in [0.1, 0.15) is 29.2 Å². The molecule has 8 rings (SSSR count). The summed E-state index contributed by atoms with van der Waals surface area (Å²) in [6.45, 7) is 10.9. The van der Waals surface area contributed by atoms with Crippen molar-refractivity contribution >= 4 is 33.4 Å². The van der Waals surface area contributed by atoms with Gasteiger partial charge in [-0.3, -0.25) is 0 Å². The van der Waals surface area contributed by atoms with E-state index in [0.29, 0.717) is 18.0 Å². The number of aromatic nitrogens is 1. The molecule has 0 radical (unpaired) electrons. The largest absolute Gasteiger partial charge is 0.309 e. The first kappa shape index (κ1) is 32.6. The molecule has 1 aromatic heterocycles. The zero-order chi connectivity index (χ0) is 35.4. The molecule has 1 aliphatic carbocycles. The van der Waals surface area contributed by atoms with E-state index in [2.05, 4.69) is 139 Å². The number of benzene rings is 6. The number of allylic oxidation sites excluding steroid dienone is 5. The molecule has 1 aliphatic rings. The second-order valence-corrected chi connectivity index (χ2v) is 13.3. The van der Waals surface area contributed by atoms with Gasteiger partial charge in [-0.1, -0.05) is 158 Å². The first-order valence-corrected chi connectivity index (χ1v) is 17.7. The molecule has 52 heavy (non-hydrogen) atoms. The molecule has 7 aromatic rings. The van der Waals surface area contributed by atoms with Crippen LogP contribution in [0.4, 0.5) is 0 Å². The number of rotatable bonds is 6. The standard InChI is InChI=1S/C49H39N3/c1-34-16-15-23-40(36(3)51-49(39-21-11-6-12-22-39)50-35(2)37-17-7-4-8-18-37)31-43-32-44(28-26-41(43)30-34)52-47-25-14-13-24-45(47)46-33-42(27-29-48(46)52)38-19-9-5-10-20-38/h4-29,32-33H,1,3,30-31H2,2H3/b16-15-,40-23+,50-35+,51-49-. The topological polar surface area (TPSA) is 29.6 Å². The van der Waals surface area contributed by atoms with Crippen molar-refractivity contribution in [1.82, 2.24) is 4.57 Å². The number of hydrogen-bond donors (Lipinski definition) is 0. The van der Waals surface area contributed by atoms with Crippen LogP contribution in [0.2, 0.25) is 0 Å². The van der Waals surface area contributed by atoms with Crippen LogP contribution in [0.3, 0.4) is 0 Å². The summed E-state index contributed by atoms with van der Waals surface area (Å²) < 4.78 is 2.39. The molecule has 0 aliphatic heterocycles. The molecule has 0 N–H and O–H groups in total. The van der Waals surface area contributed by atoms with Gasteiger partial charge in [0.2, 0.25) is 0 Å². The van der Waals surface area contributed by atoms with Crippen LogP contribution in [0.25, 0.3) is 38.6 Å². The first-order valence-electron chi connectivity index (χ1n) is 17.7. The molecule has 3 nitrogen and oxygen atoms in total. The van der Waals surface area contributed by atoms with Crippen LogP contribution in [0.15, 0.2) is 210 Å². The van der Waals surface area contributed by atoms with Crippen LogP contribution in [-0.4, -0.2) is 16.1 Å². The lowest BCUT2D eigenvalue weighted by atomic mass is 9.94. The van der Waals surface area contributed by atoms with Crippen molar-refractivity contribution in [2.75, 3.05) is 0 Å². The average molecular weight is 670 g/mol. The quantitative estimate of drug-likeness (QED) is 0.125. The fourth-order valence-electron chi connectivity index (χ4n) is 7.06. The Morgan fingerprint density at radius 1 is 0.596 bits per heavy atom. The van der Waals surface area contributed by atoms with Crippen molar-refractivity contribution in [2.45, 2.75) is 19.8 Å². The minimum Gasteiger partial charge on any atom is -0.309 e. The summed E-state index contributed by atoms with van der Waals surface area (Å²) in [7, 11) is 0. The highest BCUT2D eigenvalue weighted by Crippen LogP contribution is 2.36. The van der Waals surface area contributed by atoms with Gasteiger partial charge in [0, 0.05) is 27.7 Å². The number of aliphatic imine (C=N–C) groups is 2. The molecule has 250 valence electrons. The fourth-order valence-corrected chi connectivity index (χ4v) is 7.06. The molecule has 0 unspecified atom stereocenters. The average Bonchev–Trinajstić information content (AvgIpc) is 3.55. The second-order valence-electron chi connectivity index (χ2n) is 13.3. The van der Waals surface area contributed by atoms with Crippen molar-refractivity contribution < 1.29 is 0 Å². The van der Waals surface area contributed by atoms with Crippen molar-refractivity contribution in [2.24, 2.45) is 9.98 Å². The number of amidine groups is 1. The molecule has 0 bridgehead atoms. The number of para-hydroxylation sites is 1. The fraction of sp³-hybridized carbons (Fsp3) is 0.0612. The molecule has 6 aromatic carbocycles. The Hall–Kier alpha value is -6.58. The van der Waals surface area contributed by atoms with E-state index in [9.17, 15) is 0 Å². The maximum absolute atomic E-state index is 5.12. The van der Waals surface area contributed by atoms with Gasteiger partial charge >= 0.3 is 0 Å². The Kier molecular flexibility index (Phi) is 8.99. The summed E-state index contributed by atoms with van der Waals surface area (Å²) in [6.07, 6.45) is 7.73. The maximum atomic E-state index is 5.12. The lowest BCUT2D eigenvalue weighted by Crippen LogP contribution is -2.06. The summed E-state index contributed by atoms with van der Waals surface area (Å²) >= 11 is 0. The lowest BCUT2D eigenvalue weighted by molar-refractivity contribution is 1.06. The third-order valence-electron chi connectivity index (χ3n) is 9.76. The maximum Gasteiger partial charge on any atom is 0.159 e. The molecule has 0 saturated carbocycles. The van der Waals surface area contributed by atoms with Gasteiger partial charge in [0.1, 0.15) is 0 Å². The van der Waals surface area contributed by atoms with Crippen LogP contribution in [0, 0.1) is 0 Å². The van der Waals surface area contributed by atoms with Gasteiger partial charge in [-0.15, -0.1) is 0 Å². The molecule has 0 fully saturated rings. The van der Waals surface area contributed by atoms with Gasteiger partial charge in [-0.2, -0.15) is 0 Å². The van der Waals surface area contributed by atoms with Crippen LogP contribution >= 0.6 is 0 Å². The Labute approximate surface area is 305 Å². The summed E-state index contributed by atoms with van der Waals surface area (Å²) in [6, 6.07) is 53.3. The van der Waals surface area contributed by atoms with E-state index in [-0.39, 0.29) is 0 Å².